The maximum Gasteiger partial charge on any atom is 0.290 e. The summed E-state index contributed by atoms with van der Waals surface area (Å²) in [6.45, 7) is 1.42. The van der Waals surface area contributed by atoms with Crippen molar-refractivity contribution in [1.29, 1.82) is 0 Å². The fourth-order valence-corrected chi connectivity index (χ4v) is 4.59. The number of carbonyl (C=O) groups excluding carboxylic acids is 3. The highest BCUT2D eigenvalue weighted by atomic mass is 16.3. The predicted molar refractivity (Wildman–Crippen MR) is 118 cm³/mol. The molecule has 4 heterocycles. The third-order valence-corrected chi connectivity index (χ3v) is 6.40. The van der Waals surface area contributed by atoms with E-state index in [1.54, 1.807) is 34.1 Å². The summed E-state index contributed by atoms with van der Waals surface area (Å²) in [6.07, 6.45) is 4.68. The second-order valence-corrected chi connectivity index (χ2v) is 8.45. The Labute approximate surface area is 191 Å². The van der Waals surface area contributed by atoms with E-state index in [0.29, 0.717) is 44.7 Å². The average Bonchev–Trinajstić information content (AvgIpc) is 3.57. The lowest BCUT2D eigenvalue weighted by Crippen LogP contribution is -2.55. The Morgan fingerprint density at radius 1 is 0.818 bits per heavy atom. The van der Waals surface area contributed by atoms with Crippen LogP contribution in [0.2, 0.25) is 0 Å². The Morgan fingerprint density at radius 2 is 1.45 bits per heavy atom. The number of piperidine rings is 1. The summed E-state index contributed by atoms with van der Waals surface area (Å²) in [5.74, 6) is -0.0695. The lowest BCUT2D eigenvalue weighted by Gasteiger charge is -2.37. The van der Waals surface area contributed by atoms with Gasteiger partial charge in [-0.25, -0.2) is 0 Å². The topological polar surface area (TPSA) is 96.0 Å². The van der Waals surface area contributed by atoms with E-state index in [9.17, 15) is 14.4 Å². The van der Waals surface area contributed by atoms with Crippen molar-refractivity contribution in [3.8, 4) is 0 Å². The van der Waals surface area contributed by atoms with Crippen LogP contribution in [0.4, 0.5) is 0 Å². The van der Waals surface area contributed by atoms with Crippen LogP contribution in [0.15, 0.2) is 69.9 Å². The highest BCUT2D eigenvalue weighted by Gasteiger charge is 2.37. The van der Waals surface area contributed by atoms with Crippen LogP contribution < -0.4 is 5.32 Å². The first-order valence-corrected chi connectivity index (χ1v) is 11.1. The van der Waals surface area contributed by atoms with Gasteiger partial charge in [-0.05, 0) is 48.2 Å². The van der Waals surface area contributed by atoms with Gasteiger partial charge in [0, 0.05) is 32.1 Å². The van der Waals surface area contributed by atoms with E-state index in [0.717, 1.165) is 11.1 Å². The average molecular weight is 447 g/mol. The summed E-state index contributed by atoms with van der Waals surface area (Å²) in [4.78, 5) is 42.2. The van der Waals surface area contributed by atoms with E-state index >= 15 is 0 Å². The molecule has 1 N–H and O–H groups in total. The maximum absolute atomic E-state index is 13.3. The normalized spacial score (nSPS) is 18.6. The first-order chi connectivity index (χ1) is 16.1. The van der Waals surface area contributed by atoms with Crippen LogP contribution in [0.5, 0.6) is 0 Å². The van der Waals surface area contributed by atoms with Crippen LogP contribution in [0.25, 0.3) is 0 Å². The van der Waals surface area contributed by atoms with Crippen molar-refractivity contribution >= 4 is 17.7 Å². The van der Waals surface area contributed by atoms with Gasteiger partial charge in [-0.15, -0.1) is 0 Å². The van der Waals surface area contributed by atoms with Crippen molar-refractivity contribution in [2.45, 2.75) is 37.9 Å². The Kier molecular flexibility index (Phi) is 5.73. The molecule has 0 radical (unpaired) electrons. The molecule has 8 heteroatoms. The number of hydrogen-bond donors (Lipinski definition) is 1. The molecule has 170 valence electrons. The van der Waals surface area contributed by atoms with Gasteiger partial charge in [-0.1, -0.05) is 24.3 Å². The molecule has 2 aromatic heterocycles. The molecular weight excluding hydrogens is 422 g/mol. The third kappa shape index (κ3) is 4.28. The second kappa shape index (κ2) is 8.97. The van der Waals surface area contributed by atoms with E-state index in [1.807, 2.05) is 24.3 Å². The van der Waals surface area contributed by atoms with Crippen molar-refractivity contribution in [2.75, 3.05) is 13.1 Å². The molecule has 0 aliphatic carbocycles. The Balaban J connectivity index is 1.26. The number of benzene rings is 1. The largest absolute Gasteiger partial charge is 0.459 e. The summed E-state index contributed by atoms with van der Waals surface area (Å²) >= 11 is 0. The molecular formula is C25H25N3O5. The van der Waals surface area contributed by atoms with Gasteiger partial charge in [-0.3, -0.25) is 14.4 Å². The zero-order chi connectivity index (χ0) is 22.8. The number of likely N-dealkylation sites (tertiary alicyclic amines) is 1. The summed E-state index contributed by atoms with van der Waals surface area (Å²) in [7, 11) is 0. The summed E-state index contributed by atoms with van der Waals surface area (Å²) < 4.78 is 10.5. The number of rotatable bonds is 4. The number of hydrogen-bond acceptors (Lipinski definition) is 5. The van der Waals surface area contributed by atoms with Gasteiger partial charge >= 0.3 is 0 Å². The number of carbonyl (C=O) groups is 3. The van der Waals surface area contributed by atoms with Crippen LogP contribution in [0.1, 0.15) is 45.1 Å². The number of furan rings is 2. The number of nitrogens with zero attached hydrogens (tertiary/aromatic N) is 2. The molecule has 5 rings (SSSR count). The molecule has 8 nitrogen and oxygen atoms in total. The maximum atomic E-state index is 13.3. The summed E-state index contributed by atoms with van der Waals surface area (Å²) in [6, 6.07) is 13.8. The van der Waals surface area contributed by atoms with Gasteiger partial charge in [0.15, 0.2) is 11.5 Å². The fourth-order valence-electron chi connectivity index (χ4n) is 4.59. The van der Waals surface area contributed by atoms with E-state index in [1.165, 1.54) is 12.5 Å². The minimum atomic E-state index is -0.625. The summed E-state index contributed by atoms with van der Waals surface area (Å²) in [5, 5.41) is 3.12. The van der Waals surface area contributed by atoms with Crippen LogP contribution >= 0.6 is 0 Å². The SMILES string of the molecule is O=C(NC1CCN(C(=O)c2ccco2)CC1)C1Cc2ccccc2CN1C(=O)c1ccco1. The smallest absolute Gasteiger partial charge is 0.290 e. The standard InChI is InChI=1S/C25H25N3O5/c29-23(26-19-9-11-27(12-10-19)24(30)21-7-3-13-32-21)20-15-17-5-1-2-6-18(17)16-28(20)25(31)22-8-4-14-33-22/h1-8,13-14,19-20H,9-12,15-16H2,(H,26,29). The Hall–Kier alpha value is -3.81. The van der Waals surface area contributed by atoms with Gasteiger partial charge in [0.05, 0.1) is 12.5 Å². The molecule has 3 amide bonds. The first-order valence-electron chi connectivity index (χ1n) is 11.1. The Morgan fingerprint density at radius 3 is 2.09 bits per heavy atom. The molecule has 1 unspecified atom stereocenters. The fraction of sp³-hybridized carbons (Fsp3) is 0.320. The molecule has 2 aliphatic rings. The molecule has 1 aromatic carbocycles. The van der Waals surface area contributed by atoms with E-state index < -0.39 is 6.04 Å². The molecule has 0 saturated carbocycles. The van der Waals surface area contributed by atoms with Gasteiger partial charge in [0.1, 0.15) is 6.04 Å². The van der Waals surface area contributed by atoms with Crippen LogP contribution in [-0.2, 0) is 17.8 Å². The molecule has 1 saturated heterocycles. The second-order valence-electron chi connectivity index (χ2n) is 8.45. The molecule has 3 aromatic rings. The van der Waals surface area contributed by atoms with Crippen molar-refractivity contribution in [1.82, 2.24) is 15.1 Å². The predicted octanol–water partition coefficient (Wildman–Crippen LogP) is 2.86. The van der Waals surface area contributed by atoms with Crippen molar-refractivity contribution < 1.29 is 23.2 Å². The van der Waals surface area contributed by atoms with Gasteiger partial charge in [0.2, 0.25) is 5.91 Å². The zero-order valence-electron chi connectivity index (χ0n) is 18.1. The minimum absolute atomic E-state index is 0.0594. The first kappa shape index (κ1) is 21.1. The number of nitrogens with one attached hydrogen (secondary N) is 1. The molecule has 33 heavy (non-hydrogen) atoms. The quantitative estimate of drug-likeness (QED) is 0.664. The summed E-state index contributed by atoms with van der Waals surface area (Å²) in [5.41, 5.74) is 2.10. The van der Waals surface area contributed by atoms with Crippen molar-refractivity contribution in [3.63, 3.8) is 0 Å². The molecule has 1 fully saturated rings. The molecule has 2 aliphatic heterocycles. The lowest BCUT2D eigenvalue weighted by molar-refractivity contribution is -0.127. The Bertz CT molecular complexity index is 1130. The van der Waals surface area contributed by atoms with E-state index in [2.05, 4.69) is 5.32 Å². The van der Waals surface area contributed by atoms with E-state index in [4.69, 9.17) is 8.83 Å². The molecule has 0 spiro atoms. The van der Waals surface area contributed by atoms with Crippen molar-refractivity contribution in [3.05, 3.63) is 83.7 Å². The van der Waals surface area contributed by atoms with Gasteiger partial charge in [-0.2, -0.15) is 0 Å². The highest BCUT2D eigenvalue weighted by molar-refractivity contribution is 5.96. The van der Waals surface area contributed by atoms with E-state index in [-0.39, 0.29) is 29.5 Å². The van der Waals surface area contributed by atoms with Crippen molar-refractivity contribution in [2.24, 2.45) is 0 Å². The van der Waals surface area contributed by atoms with Crippen LogP contribution in [0, 0.1) is 0 Å². The van der Waals surface area contributed by atoms with Gasteiger partial charge < -0.3 is 24.0 Å². The molecule has 0 bridgehead atoms. The lowest BCUT2D eigenvalue weighted by atomic mass is 9.92. The highest BCUT2D eigenvalue weighted by Crippen LogP contribution is 2.26. The molecule has 1 atom stereocenters. The number of fused-ring (bicyclic) bond motifs is 1. The van der Waals surface area contributed by atoms with Crippen LogP contribution in [-0.4, -0.2) is 52.7 Å². The third-order valence-electron chi connectivity index (χ3n) is 6.40. The van der Waals surface area contributed by atoms with Crippen LogP contribution in [0.3, 0.4) is 0 Å². The number of amides is 3. The minimum Gasteiger partial charge on any atom is -0.459 e. The monoisotopic (exact) mass is 447 g/mol. The zero-order valence-corrected chi connectivity index (χ0v) is 18.1. The van der Waals surface area contributed by atoms with Gasteiger partial charge in [0.25, 0.3) is 11.8 Å².